The van der Waals surface area contributed by atoms with Crippen LogP contribution in [-0.2, 0) is 27.1 Å². The van der Waals surface area contributed by atoms with Gasteiger partial charge in [-0.15, -0.1) is 0 Å². The maximum absolute atomic E-state index is 12.7. The first-order valence-corrected chi connectivity index (χ1v) is 7.90. The standard InChI is InChI=1S/C18H20N4O2/c1-4-13-11-20-16-14(17(23)22(3)18(24)21(16)2)15(13)19-10-12-8-6-5-7-9-12/h5-9,11H,4,10H2,1-3H3,(H,19,20). The Morgan fingerprint density at radius 1 is 1.08 bits per heavy atom. The summed E-state index contributed by atoms with van der Waals surface area (Å²) in [6.07, 6.45) is 2.47. The van der Waals surface area contributed by atoms with E-state index in [2.05, 4.69) is 10.3 Å². The van der Waals surface area contributed by atoms with Gasteiger partial charge < -0.3 is 5.32 Å². The van der Waals surface area contributed by atoms with Crippen molar-refractivity contribution >= 4 is 16.7 Å². The summed E-state index contributed by atoms with van der Waals surface area (Å²) in [4.78, 5) is 29.1. The molecule has 6 nitrogen and oxygen atoms in total. The van der Waals surface area contributed by atoms with Gasteiger partial charge in [0.2, 0.25) is 0 Å². The zero-order valence-electron chi connectivity index (χ0n) is 14.0. The van der Waals surface area contributed by atoms with Crippen molar-refractivity contribution in [3.05, 3.63) is 68.5 Å². The van der Waals surface area contributed by atoms with E-state index in [1.165, 1.54) is 11.6 Å². The molecule has 0 bridgehead atoms. The molecular weight excluding hydrogens is 304 g/mol. The summed E-state index contributed by atoms with van der Waals surface area (Å²) >= 11 is 0. The maximum Gasteiger partial charge on any atom is 0.332 e. The molecule has 0 aliphatic carbocycles. The predicted molar refractivity (Wildman–Crippen MR) is 95.4 cm³/mol. The van der Waals surface area contributed by atoms with E-state index in [-0.39, 0.29) is 11.2 Å². The van der Waals surface area contributed by atoms with E-state index in [0.717, 1.165) is 27.8 Å². The van der Waals surface area contributed by atoms with Crippen LogP contribution in [0.15, 0.2) is 46.1 Å². The molecule has 6 heteroatoms. The van der Waals surface area contributed by atoms with E-state index in [1.54, 1.807) is 13.2 Å². The molecule has 0 amide bonds. The Labute approximate surface area is 139 Å². The molecule has 0 unspecified atom stereocenters. The minimum atomic E-state index is -0.377. The number of hydrogen-bond acceptors (Lipinski definition) is 4. The van der Waals surface area contributed by atoms with Crippen molar-refractivity contribution in [1.29, 1.82) is 0 Å². The van der Waals surface area contributed by atoms with Crippen LogP contribution in [0, 0.1) is 0 Å². The van der Waals surface area contributed by atoms with Crippen molar-refractivity contribution in [3.63, 3.8) is 0 Å². The fraction of sp³-hybridized carbons (Fsp3) is 0.278. The molecule has 0 atom stereocenters. The van der Waals surface area contributed by atoms with Gasteiger partial charge in [0.05, 0.1) is 5.69 Å². The first-order chi connectivity index (χ1) is 11.5. The molecule has 24 heavy (non-hydrogen) atoms. The first kappa shape index (κ1) is 16.0. The van der Waals surface area contributed by atoms with Gasteiger partial charge in [-0.2, -0.15) is 0 Å². The van der Waals surface area contributed by atoms with E-state index < -0.39 is 0 Å². The van der Waals surface area contributed by atoms with E-state index in [9.17, 15) is 9.59 Å². The number of fused-ring (bicyclic) bond motifs is 1. The van der Waals surface area contributed by atoms with Crippen LogP contribution in [0.4, 0.5) is 5.69 Å². The first-order valence-electron chi connectivity index (χ1n) is 7.90. The normalized spacial score (nSPS) is 11.0. The topological polar surface area (TPSA) is 68.9 Å². The zero-order valence-corrected chi connectivity index (χ0v) is 14.0. The van der Waals surface area contributed by atoms with Gasteiger partial charge in [-0.05, 0) is 17.5 Å². The van der Waals surface area contributed by atoms with Gasteiger partial charge >= 0.3 is 5.69 Å². The van der Waals surface area contributed by atoms with Crippen molar-refractivity contribution in [3.8, 4) is 0 Å². The molecule has 0 saturated carbocycles. The molecule has 2 heterocycles. The van der Waals surface area contributed by atoms with Gasteiger partial charge in [-0.25, -0.2) is 9.78 Å². The average molecular weight is 324 g/mol. The van der Waals surface area contributed by atoms with Crippen molar-refractivity contribution in [2.24, 2.45) is 14.1 Å². The minimum Gasteiger partial charge on any atom is -0.380 e. The Kier molecular flexibility index (Phi) is 4.20. The summed E-state index contributed by atoms with van der Waals surface area (Å²) in [6, 6.07) is 9.97. The average Bonchev–Trinajstić information content (AvgIpc) is 2.62. The minimum absolute atomic E-state index is 0.327. The Bertz CT molecular complexity index is 1000. The quantitative estimate of drug-likeness (QED) is 0.795. The van der Waals surface area contributed by atoms with Gasteiger partial charge in [-0.1, -0.05) is 37.3 Å². The zero-order chi connectivity index (χ0) is 17.3. The molecule has 1 N–H and O–H groups in total. The number of hydrogen-bond donors (Lipinski definition) is 1. The molecule has 0 aliphatic heterocycles. The summed E-state index contributed by atoms with van der Waals surface area (Å²) in [5.41, 5.74) is 2.52. The lowest BCUT2D eigenvalue weighted by Crippen LogP contribution is -2.37. The smallest absolute Gasteiger partial charge is 0.332 e. The maximum atomic E-state index is 12.7. The van der Waals surface area contributed by atoms with Gasteiger partial charge in [0.25, 0.3) is 5.56 Å². The van der Waals surface area contributed by atoms with E-state index in [0.29, 0.717) is 17.6 Å². The summed E-state index contributed by atoms with van der Waals surface area (Å²) < 4.78 is 2.53. The number of pyridine rings is 1. The molecule has 124 valence electrons. The number of aryl methyl sites for hydroxylation is 2. The number of rotatable bonds is 4. The molecule has 0 fully saturated rings. The third-order valence-corrected chi connectivity index (χ3v) is 4.24. The third-order valence-electron chi connectivity index (χ3n) is 4.24. The molecule has 0 saturated heterocycles. The lowest BCUT2D eigenvalue weighted by molar-refractivity contribution is 0.707. The Morgan fingerprint density at radius 2 is 1.79 bits per heavy atom. The predicted octanol–water partition coefficient (Wildman–Crippen LogP) is 1.81. The van der Waals surface area contributed by atoms with Crippen LogP contribution in [0.2, 0.25) is 0 Å². The van der Waals surface area contributed by atoms with Crippen molar-refractivity contribution in [2.45, 2.75) is 19.9 Å². The van der Waals surface area contributed by atoms with Crippen molar-refractivity contribution < 1.29 is 0 Å². The van der Waals surface area contributed by atoms with E-state index >= 15 is 0 Å². The Hall–Kier alpha value is -2.89. The lowest BCUT2D eigenvalue weighted by Gasteiger charge is -2.15. The number of nitrogens with zero attached hydrogens (tertiary/aromatic N) is 3. The highest BCUT2D eigenvalue weighted by Crippen LogP contribution is 2.23. The van der Waals surface area contributed by atoms with Crippen LogP contribution in [-0.4, -0.2) is 14.1 Å². The highest BCUT2D eigenvalue weighted by Gasteiger charge is 2.16. The van der Waals surface area contributed by atoms with Crippen LogP contribution in [0.25, 0.3) is 11.0 Å². The largest absolute Gasteiger partial charge is 0.380 e. The van der Waals surface area contributed by atoms with Crippen LogP contribution in [0.5, 0.6) is 0 Å². The Morgan fingerprint density at radius 3 is 2.46 bits per heavy atom. The molecule has 3 aromatic rings. The summed E-state index contributed by atoms with van der Waals surface area (Å²) in [5.74, 6) is 0. The second kappa shape index (κ2) is 6.31. The molecule has 0 radical (unpaired) electrons. The van der Waals surface area contributed by atoms with E-state index in [1.807, 2.05) is 37.3 Å². The fourth-order valence-corrected chi connectivity index (χ4v) is 2.82. The monoisotopic (exact) mass is 324 g/mol. The Balaban J connectivity index is 2.21. The summed E-state index contributed by atoms with van der Waals surface area (Å²) in [6.45, 7) is 2.61. The molecule has 1 aromatic carbocycles. The second-order valence-electron chi connectivity index (χ2n) is 5.76. The van der Waals surface area contributed by atoms with Crippen LogP contribution < -0.4 is 16.6 Å². The third kappa shape index (κ3) is 2.60. The summed E-state index contributed by atoms with van der Waals surface area (Å²) in [5, 5.41) is 3.82. The number of nitrogens with one attached hydrogen (secondary N) is 1. The van der Waals surface area contributed by atoms with Gasteiger partial charge in [-0.3, -0.25) is 13.9 Å². The van der Waals surface area contributed by atoms with Gasteiger partial charge in [0.15, 0.2) is 5.65 Å². The number of anilines is 1. The van der Waals surface area contributed by atoms with E-state index in [4.69, 9.17) is 0 Å². The van der Waals surface area contributed by atoms with Crippen LogP contribution in [0.3, 0.4) is 0 Å². The van der Waals surface area contributed by atoms with Gasteiger partial charge in [0, 0.05) is 26.8 Å². The fourth-order valence-electron chi connectivity index (χ4n) is 2.82. The second-order valence-corrected chi connectivity index (χ2v) is 5.76. The van der Waals surface area contributed by atoms with Crippen LogP contribution in [0.1, 0.15) is 18.1 Å². The molecule has 2 aromatic heterocycles. The van der Waals surface area contributed by atoms with Crippen molar-refractivity contribution in [2.75, 3.05) is 5.32 Å². The SMILES string of the molecule is CCc1cnc2c(c1NCc1ccccc1)c(=O)n(C)c(=O)n2C. The molecule has 0 aliphatic rings. The summed E-state index contributed by atoms with van der Waals surface area (Å²) in [7, 11) is 3.12. The highest BCUT2D eigenvalue weighted by atomic mass is 16.2. The number of benzene rings is 1. The number of aromatic nitrogens is 3. The van der Waals surface area contributed by atoms with Crippen LogP contribution >= 0.6 is 0 Å². The molecule has 0 spiro atoms. The van der Waals surface area contributed by atoms with Gasteiger partial charge in [0.1, 0.15) is 5.39 Å². The molecular formula is C18H20N4O2. The molecule has 3 rings (SSSR count). The van der Waals surface area contributed by atoms with Crippen molar-refractivity contribution in [1.82, 2.24) is 14.1 Å². The lowest BCUT2D eigenvalue weighted by atomic mass is 10.1. The highest BCUT2D eigenvalue weighted by molar-refractivity contribution is 5.90.